The van der Waals surface area contributed by atoms with E-state index in [1.165, 1.54) is 16.7 Å². The minimum atomic E-state index is -2.42. The summed E-state index contributed by atoms with van der Waals surface area (Å²) in [7, 11) is 0. The summed E-state index contributed by atoms with van der Waals surface area (Å²) in [5, 5.41) is 0. The van der Waals surface area contributed by atoms with Crippen molar-refractivity contribution < 1.29 is 8.78 Å². The van der Waals surface area contributed by atoms with E-state index in [0.29, 0.717) is 12.6 Å². The molecule has 1 aromatic carbocycles. The van der Waals surface area contributed by atoms with Crippen LogP contribution in [-0.2, 0) is 13.0 Å². The number of nitrogens with zero attached hydrogens (tertiary/aromatic N) is 2. The van der Waals surface area contributed by atoms with Gasteiger partial charge < -0.3 is 0 Å². The van der Waals surface area contributed by atoms with Crippen LogP contribution >= 0.6 is 0 Å². The molecule has 1 unspecified atom stereocenters. The summed E-state index contributed by atoms with van der Waals surface area (Å²) in [6.45, 7) is 7.13. The molecule has 4 heteroatoms. The molecule has 2 nitrogen and oxygen atoms in total. The molecular formula is C23H32F2N2. The molecule has 1 atom stereocenters. The molecule has 0 saturated heterocycles. The lowest BCUT2D eigenvalue weighted by Gasteiger charge is -2.35. The molecule has 1 aliphatic carbocycles. The van der Waals surface area contributed by atoms with E-state index in [-0.39, 0.29) is 18.8 Å². The fourth-order valence-corrected chi connectivity index (χ4v) is 4.12. The summed E-state index contributed by atoms with van der Waals surface area (Å²) < 4.78 is 25.9. The second kappa shape index (κ2) is 9.09. The first-order valence-corrected chi connectivity index (χ1v) is 10.4. The van der Waals surface area contributed by atoms with Crippen LogP contribution in [0.25, 0.3) is 0 Å². The van der Waals surface area contributed by atoms with Crippen LogP contribution in [0.5, 0.6) is 0 Å². The monoisotopic (exact) mass is 374 g/mol. The minimum Gasteiger partial charge on any atom is -0.293 e. The van der Waals surface area contributed by atoms with Gasteiger partial charge in [0.05, 0.1) is 0 Å². The average molecular weight is 375 g/mol. The van der Waals surface area contributed by atoms with E-state index in [4.69, 9.17) is 0 Å². The molecule has 1 fully saturated rings. The normalized spacial score (nSPS) is 21.9. The van der Waals surface area contributed by atoms with Crippen LogP contribution in [0.2, 0.25) is 0 Å². The zero-order valence-electron chi connectivity index (χ0n) is 16.6. The Morgan fingerprint density at radius 1 is 1.30 bits per heavy atom. The summed E-state index contributed by atoms with van der Waals surface area (Å²) in [4.78, 5) is 7.11. The first-order chi connectivity index (χ1) is 13.0. The largest absolute Gasteiger partial charge is 0.293 e. The molecule has 0 N–H and O–H groups in total. The Balaban J connectivity index is 1.56. The van der Waals surface area contributed by atoms with E-state index < -0.39 is 5.92 Å². The number of hydrogen-bond donors (Lipinski definition) is 0. The van der Waals surface area contributed by atoms with Gasteiger partial charge in [-0.3, -0.25) is 9.89 Å². The van der Waals surface area contributed by atoms with Crippen molar-refractivity contribution in [3.8, 4) is 0 Å². The number of benzene rings is 1. The summed E-state index contributed by atoms with van der Waals surface area (Å²) in [6, 6.07) is 9.02. The van der Waals surface area contributed by atoms with Gasteiger partial charge in [-0.2, -0.15) is 0 Å². The number of alkyl halides is 2. The Labute approximate surface area is 162 Å². The third-order valence-electron chi connectivity index (χ3n) is 5.94. The highest BCUT2D eigenvalue weighted by molar-refractivity contribution is 5.80. The Morgan fingerprint density at radius 2 is 2.04 bits per heavy atom. The van der Waals surface area contributed by atoms with Crippen LogP contribution in [0.1, 0.15) is 57.1 Å². The van der Waals surface area contributed by atoms with E-state index in [9.17, 15) is 8.78 Å². The minimum absolute atomic E-state index is 0.0463. The maximum Gasteiger partial charge on any atom is 0.248 e. The van der Waals surface area contributed by atoms with Gasteiger partial charge in [0.1, 0.15) is 0 Å². The number of fused-ring (bicyclic) bond motifs is 1. The Morgan fingerprint density at radius 3 is 2.74 bits per heavy atom. The smallest absolute Gasteiger partial charge is 0.248 e. The van der Waals surface area contributed by atoms with Gasteiger partial charge in [-0.05, 0) is 48.8 Å². The molecule has 1 aliphatic heterocycles. The van der Waals surface area contributed by atoms with Crippen molar-refractivity contribution in [1.29, 1.82) is 0 Å². The van der Waals surface area contributed by atoms with Crippen LogP contribution in [0.15, 0.2) is 40.9 Å². The van der Waals surface area contributed by atoms with Gasteiger partial charge in [0.25, 0.3) is 0 Å². The van der Waals surface area contributed by atoms with Crippen LogP contribution in [0.3, 0.4) is 0 Å². The van der Waals surface area contributed by atoms with Crippen LogP contribution < -0.4 is 0 Å². The maximum absolute atomic E-state index is 12.9. The van der Waals surface area contributed by atoms with Gasteiger partial charge in [-0.15, -0.1) is 0 Å². The second-order valence-corrected chi connectivity index (χ2v) is 8.11. The van der Waals surface area contributed by atoms with Crippen molar-refractivity contribution >= 4 is 6.21 Å². The Hall–Kier alpha value is -1.55. The van der Waals surface area contributed by atoms with Crippen molar-refractivity contribution in [3.63, 3.8) is 0 Å². The SMILES string of the molecule is CCC/C=C(\C=N/CCC1CC(F)(F)C1)C(C)N1CCc2ccccc2C1. The lowest BCUT2D eigenvalue weighted by molar-refractivity contribution is -0.111. The topological polar surface area (TPSA) is 15.6 Å². The van der Waals surface area contributed by atoms with Gasteiger partial charge in [0.2, 0.25) is 5.92 Å². The standard InChI is InChI=1S/C23H32F2N2/c1-3-4-7-21(16-26-12-10-19-14-23(24,25)15-19)18(2)27-13-11-20-8-5-6-9-22(20)17-27/h5-9,16,18-19H,3-4,10-15,17H2,1-2H3/b21-7+,26-16-. The van der Waals surface area contributed by atoms with Gasteiger partial charge in [0.15, 0.2) is 0 Å². The molecule has 2 aliphatic rings. The maximum atomic E-state index is 12.9. The predicted molar refractivity (Wildman–Crippen MR) is 109 cm³/mol. The first-order valence-electron chi connectivity index (χ1n) is 10.4. The molecule has 1 heterocycles. The molecular weight excluding hydrogens is 342 g/mol. The first kappa shape index (κ1) is 20.2. The molecule has 1 saturated carbocycles. The molecule has 0 spiro atoms. The van der Waals surface area contributed by atoms with E-state index in [1.807, 2.05) is 6.21 Å². The number of unbranched alkanes of at least 4 members (excludes halogenated alkanes) is 1. The second-order valence-electron chi connectivity index (χ2n) is 8.11. The van der Waals surface area contributed by atoms with Gasteiger partial charge in [-0.1, -0.05) is 43.7 Å². The van der Waals surface area contributed by atoms with E-state index in [1.54, 1.807) is 0 Å². The highest BCUT2D eigenvalue weighted by Crippen LogP contribution is 2.43. The molecule has 0 radical (unpaired) electrons. The molecule has 0 aromatic heterocycles. The number of rotatable bonds is 8. The Kier molecular flexibility index (Phi) is 6.80. The van der Waals surface area contributed by atoms with Crippen LogP contribution in [0, 0.1) is 5.92 Å². The molecule has 27 heavy (non-hydrogen) atoms. The summed E-state index contributed by atoms with van der Waals surface area (Å²) in [6.07, 6.45) is 8.42. The van der Waals surface area contributed by atoms with E-state index in [2.05, 4.69) is 54.1 Å². The van der Waals surface area contributed by atoms with Crippen LogP contribution in [0.4, 0.5) is 8.78 Å². The molecule has 1 aromatic rings. The predicted octanol–water partition coefficient (Wildman–Crippen LogP) is 5.67. The highest BCUT2D eigenvalue weighted by atomic mass is 19.3. The van der Waals surface area contributed by atoms with Crippen molar-refractivity contribution in [2.24, 2.45) is 10.9 Å². The fraction of sp³-hybridized carbons (Fsp3) is 0.609. The van der Waals surface area contributed by atoms with Crippen molar-refractivity contribution in [3.05, 3.63) is 47.0 Å². The number of hydrogen-bond acceptors (Lipinski definition) is 2. The quantitative estimate of drug-likeness (QED) is 0.536. The molecule has 3 rings (SSSR count). The number of allylic oxidation sites excluding steroid dienone is 1. The molecule has 0 amide bonds. The lowest BCUT2D eigenvalue weighted by atomic mass is 9.79. The molecule has 148 valence electrons. The number of aliphatic imine (C=N–C) groups is 1. The summed E-state index contributed by atoms with van der Waals surface area (Å²) >= 11 is 0. The fourth-order valence-electron chi connectivity index (χ4n) is 4.12. The number of halogens is 2. The summed E-state index contributed by atoms with van der Waals surface area (Å²) in [5.41, 5.74) is 4.15. The summed E-state index contributed by atoms with van der Waals surface area (Å²) in [5.74, 6) is -2.27. The van der Waals surface area contributed by atoms with Crippen molar-refractivity contribution in [2.45, 2.75) is 70.9 Å². The lowest BCUT2D eigenvalue weighted by Crippen LogP contribution is -2.39. The highest BCUT2D eigenvalue weighted by Gasteiger charge is 2.44. The van der Waals surface area contributed by atoms with E-state index >= 15 is 0 Å². The van der Waals surface area contributed by atoms with Crippen molar-refractivity contribution in [2.75, 3.05) is 13.1 Å². The third kappa shape index (κ3) is 5.47. The van der Waals surface area contributed by atoms with Gasteiger partial charge >= 0.3 is 0 Å². The van der Waals surface area contributed by atoms with Crippen LogP contribution in [-0.4, -0.2) is 36.2 Å². The van der Waals surface area contributed by atoms with E-state index in [0.717, 1.165) is 38.8 Å². The molecule has 0 bridgehead atoms. The zero-order valence-corrected chi connectivity index (χ0v) is 16.6. The van der Waals surface area contributed by atoms with Gasteiger partial charge in [0, 0.05) is 44.7 Å². The zero-order chi connectivity index (χ0) is 19.3. The third-order valence-corrected chi connectivity index (χ3v) is 5.94. The average Bonchev–Trinajstić information content (AvgIpc) is 2.65. The Bertz CT molecular complexity index is 673. The van der Waals surface area contributed by atoms with Gasteiger partial charge in [-0.25, -0.2) is 8.78 Å². The van der Waals surface area contributed by atoms with Crippen molar-refractivity contribution in [1.82, 2.24) is 4.90 Å².